The van der Waals surface area contributed by atoms with Gasteiger partial charge in [0.25, 0.3) is 0 Å². The minimum absolute atomic E-state index is 0. The molecule has 0 aliphatic heterocycles. The largest absolute Gasteiger partial charge is 3.00 e. The molecule has 2 atom stereocenters. The third-order valence-corrected chi connectivity index (χ3v) is 7.97. The van der Waals surface area contributed by atoms with Crippen LogP contribution in [0.15, 0.2) is 27.8 Å². The summed E-state index contributed by atoms with van der Waals surface area (Å²) in [5.41, 5.74) is -1.42. The molecule has 0 saturated carbocycles. The van der Waals surface area contributed by atoms with Crippen LogP contribution in [0.2, 0.25) is 0 Å². The number of aromatic hydroxyl groups is 2. The maximum absolute atomic E-state index is 13.4. The summed E-state index contributed by atoms with van der Waals surface area (Å²) in [5.74, 6) is -1.54. The molecule has 5 aromatic rings. The number of carbonyl (C=O) groups excluding carboxylic acids is 1. The van der Waals surface area contributed by atoms with Crippen molar-refractivity contribution in [3.8, 4) is 23.0 Å². The summed E-state index contributed by atoms with van der Waals surface area (Å²) in [5, 5.41) is 36.6. The zero-order chi connectivity index (χ0) is 26.7. The third-order valence-electron chi connectivity index (χ3n) is 7.97. The van der Waals surface area contributed by atoms with Crippen LogP contribution in [0, 0.1) is 6.92 Å². The zero-order valence-corrected chi connectivity index (χ0v) is 25.6. The van der Waals surface area contributed by atoms with Crippen molar-refractivity contribution in [3.63, 3.8) is 0 Å². The number of benzene rings is 5. The molecule has 0 fully saturated rings. The first-order valence-electron chi connectivity index (χ1n) is 11.8. The number of Topliss-reactive ketones (excluding diaryl/α,β-unsaturated/α-hetero) is 1. The van der Waals surface area contributed by atoms with Gasteiger partial charge in [0.05, 0.1) is 36.5 Å². The molecule has 212 valence electrons. The Hall–Kier alpha value is -2.85. The average molecular weight is 768 g/mol. The molecule has 5 aromatic carbocycles. The van der Waals surface area contributed by atoms with Gasteiger partial charge in [0, 0.05) is 40.1 Å². The quantitative estimate of drug-likeness (QED) is 0.106. The number of phenols is 2. The van der Waals surface area contributed by atoms with Gasteiger partial charge in [-0.05, 0) is 54.3 Å². The van der Waals surface area contributed by atoms with Gasteiger partial charge in [0.2, 0.25) is 0 Å². The Morgan fingerprint density at radius 1 is 0.850 bits per heavy atom. The van der Waals surface area contributed by atoms with E-state index >= 15 is 0 Å². The Morgan fingerprint density at radius 2 is 1.38 bits per heavy atom. The fourth-order valence-electron chi connectivity index (χ4n) is 6.67. The average Bonchev–Trinajstić information content (AvgIpc) is 2.92. The molecular weight excluding hydrogens is 744 g/mol. The summed E-state index contributed by atoms with van der Waals surface area (Å²) in [6.07, 6.45) is -0.0465. The van der Waals surface area contributed by atoms with Gasteiger partial charge in [0.1, 0.15) is 28.8 Å². The van der Waals surface area contributed by atoms with E-state index in [2.05, 4.69) is 0 Å². The molecule has 3 N–H and O–H groups in total. The van der Waals surface area contributed by atoms with Crippen molar-refractivity contribution >= 4 is 48.9 Å². The SMILES string of the molecule is COc1cc(O)c2c(=O)cc3c4c5c(c(C)c(O)c6c(=O)cc(OC)c(c1c24)c65)C(C(C)=O)C(C)(O)C3.[Au+3].[Cl-].[Cl-]. The number of rotatable bonds is 3. The topological polar surface area (TPSA) is 130 Å². The molecule has 0 amide bonds. The van der Waals surface area contributed by atoms with E-state index in [1.165, 1.54) is 46.3 Å². The molecule has 8 nitrogen and oxygen atoms in total. The van der Waals surface area contributed by atoms with E-state index in [0.29, 0.717) is 49.0 Å². The number of aliphatic hydroxyl groups is 1. The molecular formula is C29H24AuCl2O8+. The van der Waals surface area contributed by atoms with Crippen molar-refractivity contribution < 1.29 is 76.8 Å². The summed E-state index contributed by atoms with van der Waals surface area (Å²) in [6.45, 7) is 4.51. The molecule has 0 spiro atoms. The van der Waals surface area contributed by atoms with Crippen molar-refractivity contribution in [1.29, 1.82) is 0 Å². The van der Waals surface area contributed by atoms with Crippen LogP contribution in [0.5, 0.6) is 23.0 Å². The molecule has 0 heterocycles. The van der Waals surface area contributed by atoms with Crippen LogP contribution in [-0.2, 0) is 33.6 Å². The number of ketones is 1. The van der Waals surface area contributed by atoms with E-state index < -0.39 is 22.4 Å². The fraction of sp³-hybridized carbons (Fsp3) is 0.276. The first-order valence-corrected chi connectivity index (χ1v) is 11.8. The van der Waals surface area contributed by atoms with Crippen LogP contribution in [0.25, 0.3) is 43.1 Å². The van der Waals surface area contributed by atoms with E-state index in [1.807, 2.05) is 0 Å². The summed E-state index contributed by atoms with van der Waals surface area (Å²) in [7, 11) is 2.83. The first kappa shape index (κ1) is 31.7. The van der Waals surface area contributed by atoms with Crippen LogP contribution in [0.4, 0.5) is 0 Å². The number of phenolic OH excluding ortho intramolecular Hbond substituents is 2. The molecule has 0 saturated heterocycles. The molecule has 0 radical (unpaired) electrons. The first-order chi connectivity index (χ1) is 17.4. The predicted molar refractivity (Wildman–Crippen MR) is 140 cm³/mol. The molecule has 11 heteroatoms. The maximum Gasteiger partial charge on any atom is 3.00 e. The van der Waals surface area contributed by atoms with E-state index in [4.69, 9.17) is 9.47 Å². The van der Waals surface area contributed by atoms with E-state index in [-0.39, 0.29) is 93.2 Å². The molecule has 0 bridgehead atoms. The summed E-state index contributed by atoms with van der Waals surface area (Å²) in [4.78, 5) is 39.9. The summed E-state index contributed by atoms with van der Waals surface area (Å²) < 4.78 is 11.3. The minimum atomic E-state index is -1.62. The van der Waals surface area contributed by atoms with Gasteiger partial charge in [-0.15, -0.1) is 0 Å². The molecule has 40 heavy (non-hydrogen) atoms. The van der Waals surface area contributed by atoms with Gasteiger partial charge in [-0.1, -0.05) is 0 Å². The van der Waals surface area contributed by atoms with E-state index in [0.717, 1.165) is 0 Å². The molecule has 0 aromatic heterocycles. The van der Waals surface area contributed by atoms with Crippen LogP contribution in [0.1, 0.15) is 36.5 Å². The third kappa shape index (κ3) is 3.78. The van der Waals surface area contributed by atoms with Crippen molar-refractivity contribution in [2.45, 2.75) is 38.7 Å². The van der Waals surface area contributed by atoms with Crippen LogP contribution >= 0.6 is 0 Å². The Balaban J connectivity index is 0.00000147. The van der Waals surface area contributed by atoms with Crippen molar-refractivity contribution in [2.75, 3.05) is 14.2 Å². The van der Waals surface area contributed by atoms with Gasteiger partial charge in [-0.2, -0.15) is 0 Å². The maximum atomic E-state index is 13.4. The molecule has 1 aliphatic rings. The second-order valence-corrected chi connectivity index (χ2v) is 10.2. The minimum Gasteiger partial charge on any atom is -1.00 e. The summed E-state index contributed by atoms with van der Waals surface area (Å²) >= 11 is 0. The van der Waals surface area contributed by atoms with Gasteiger partial charge in [-0.3, -0.25) is 14.4 Å². The number of hydrogen-bond acceptors (Lipinski definition) is 8. The Morgan fingerprint density at radius 3 is 1.93 bits per heavy atom. The number of hydrogen-bond donors (Lipinski definition) is 3. The monoisotopic (exact) mass is 767 g/mol. The number of ether oxygens (including phenoxy) is 2. The molecule has 2 unspecified atom stereocenters. The van der Waals surface area contributed by atoms with Gasteiger partial charge in [0.15, 0.2) is 10.9 Å². The van der Waals surface area contributed by atoms with Crippen molar-refractivity contribution in [3.05, 3.63) is 55.3 Å². The fourth-order valence-corrected chi connectivity index (χ4v) is 6.67. The van der Waals surface area contributed by atoms with Crippen molar-refractivity contribution in [1.82, 2.24) is 0 Å². The Labute approximate surface area is 255 Å². The predicted octanol–water partition coefficient (Wildman–Crippen LogP) is -2.38. The number of halogens is 2. The molecule has 6 rings (SSSR count). The summed E-state index contributed by atoms with van der Waals surface area (Å²) in [6, 6.07) is 3.97. The Bertz CT molecular complexity index is 1970. The molecule has 1 aliphatic carbocycles. The van der Waals surface area contributed by atoms with Gasteiger partial charge < -0.3 is 49.6 Å². The Kier molecular flexibility index (Phi) is 8.08. The van der Waals surface area contributed by atoms with Crippen LogP contribution in [0.3, 0.4) is 0 Å². The van der Waals surface area contributed by atoms with Gasteiger partial charge >= 0.3 is 22.4 Å². The number of carbonyl (C=O) groups is 1. The van der Waals surface area contributed by atoms with E-state index in [9.17, 15) is 29.7 Å². The number of fused-ring (bicyclic) bond motifs is 1. The standard InChI is InChI=1S/C29H24O8.Au.2ClH/c1-10-18-24-19-12(9-29(3,35)27(18)11(2)30)6-13(31)20-14(32)7-16(36-4)22(25(19)20)23-17(37-5)8-15(33)21(26(23)24)28(10)34;;;/h6-8,27,32,34-35H,9H2,1-5H3;;2*1H/q;+3;;/p-2. The van der Waals surface area contributed by atoms with Crippen molar-refractivity contribution in [2.24, 2.45) is 0 Å². The van der Waals surface area contributed by atoms with E-state index in [1.54, 1.807) is 6.92 Å². The van der Waals surface area contributed by atoms with Gasteiger partial charge in [-0.25, -0.2) is 0 Å². The van der Waals surface area contributed by atoms with Crippen LogP contribution in [-0.4, -0.2) is 40.9 Å². The second-order valence-electron chi connectivity index (χ2n) is 10.2. The van der Waals surface area contributed by atoms with Crippen LogP contribution < -0.4 is 45.1 Å². The normalized spacial score (nSPS) is 17.9. The zero-order valence-electron chi connectivity index (χ0n) is 22.0. The second kappa shape index (κ2) is 10.2. The smallest absolute Gasteiger partial charge is 1.00 e. The number of methoxy groups -OCH3 is 2.